The van der Waals surface area contributed by atoms with Crippen molar-refractivity contribution in [2.45, 2.75) is 6.18 Å². The number of nitro benzene ring substituents is 1. The molecule has 0 radical (unpaired) electrons. The van der Waals surface area contributed by atoms with E-state index in [4.69, 9.17) is 11.6 Å². The number of carbonyl (C=O) groups excluding carboxylic acids is 1. The lowest BCUT2D eigenvalue weighted by atomic mass is 10.2. The number of para-hydroxylation sites is 2. The molecule has 21 heavy (non-hydrogen) atoms. The third kappa shape index (κ3) is 2.59. The van der Waals surface area contributed by atoms with Gasteiger partial charge in [-0.05, 0) is 6.07 Å². The number of nitro groups is 1. The van der Waals surface area contributed by atoms with E-state index >= 15 is 0 Å². The Morgan fingerprint density at radius 3 is 2.43 bits per heavy atom. The van der Waals surface area contributed by atoms with E-state index in [-0.39, 0.29) is 12.0 Å². The molecular weight excluding hydrogens is 315 g/mol. The van der Waals surface area contributed by atoms with Crippen LogP contribution >= 0.6 is 11.6 Å². The molecule has 0 aliphatic carbocycles. The van der Waals surface area contributed by atoms with Gasteiger partial charge in [-0.1, -0.05) is 23.7 Å². The van der Waals surface area contributed by atoms with Crippen LogP contribution in [0.4, 0.5) is 18.9 Å². The van der Waals surface area contributed by atoms with Gasteiger partial charge in [0.1, 0.15) is 10.8 Å². The number of hydrogen-bond donors (Lipinski definition) is 0. The smallest absolute Gasteiger partial charge is 0.298 e. The molecule has 0 spiro atoms. The lowest BCUT2D eigenvalue weighted by Gasteiger charge is -2.04. The van der Waals surface area contributed by atoms with E-state index in [1.165, 1.54) is 18.2 Å². The summed E-state index contributed by atoms with van der Waals surface area (Å²) in [6.07, 6.45) is -5.00. The van der Waals surface area contributed by atoms with Crippen molar-refractivity contribution in [3.05, 3.63) is 50.8 Å². The van der Waals surface area contributed by atoms with Crippen LogP contribution in [-0.2, 0) is 6.18 Å². The number of aldehydes is 1. The molecule has 110 valence electrons. The molecule has 10 heteroatoms. The first-order chi connectivity index (χ1) is 9.77. The van der Waals surface area contributed by atoms with E-state index < -0.39 is 33.2 Å². The van der Waals surface area contributed by atoms with Crippen molar-refractivity contribution < 1.29 is 22.9 Å². The second-order valence-electron chi connectivity index (χ2n) is 3.83. The average molecular weight is 320 g/mol. The minimum atomic E-state index is -4.91. The highest BCUT2D eigenvalue weighted by molar-refractivity contribution is 6.32. The van der Waals surface area contributed by atoms with Gasteiger partial charge < -0.3 is 0 Å². The fourth-order valence-corrected chi connectivity index (χ4v) is 1.94. The normalized spacial score (nSPS) is 11.4. The van der Waals surface area contributed by atoms with Crippen molar-refractivity contribution >= 4 is 23.6 Å². The molecule has 0 saturated carbocycles. The highest BCUT2D eigenvalue weighted by Crippen LogP contribution is 2.36. The number of aromatic nitrogens is 2. The Hall–Kier alpha value is -2.42. The highest BCUT2D eigenvalue weighted by atomic mass is 35.5. The van der Waals surface area contributed by atoms with Gasteiger partial charge >= 0.3 is 6.18 Å². The fraction of sp³-hybridized carbons (Fsp3) is 0.0909. The Morgan fingerprint density at radius 2 is 1.95 bits per heavy atom. The van der Waals surface area contributed by atoms with Crippen molar-refractivity contribution in [3.8, 4) is 5.69 Å². The number of nitrogens with zero attached hydrogens (tertiary/aromatic N) is 3. The third-order valence-corrected chi connectivity index (χ3v) is 2.92. The summed E-state index contributed by atoms with van der Waals surface area (Å²) < 4.78 is 38.8. The largest absolute Gasteiger partial charge is 0.435 e. The number of halogens is 4. The zero-order valence-corrected chi connectivity index (χ0v) is 10.7. The molecule has 0 amide bonds. The van der Waals surface area contributed by atoms with E-state index in [2.05, 4.69) is 5.10 Å². The van der Waals surface area contributed by atoms with E-state index in [1.807, 2.05) is 0 Å². The molecule has 1 aromatic heterocycles. The maximum absolute atomic E-state index is 12.8. The van der Waals surface area contributed by atoms with Gasteiger partial charge in [0.15, 0.2) is 12.0 Å². The monoisotopic (exact) mass is 319 g/mol. The second kappa shape index (κ2) is 5.17. The lowest BCUT2D eigenvalue weighted by molar-refractivity contribution is -0.384. The molecule has 0 atom stereocenters. The first kappa shape index (κ1) is 15.0. The van der Waals surface area contributed by atoms with Gasteiger partial charge in [-0.25, -0.2) is 4.68 Å². The molecule has 1 heterocycles. The number of benzene rings is 1. The Labute approximate surface area is 119 Å². The maximum Gasteiger partial charge on any atom is 0.435 e. The second-order valence-corrected chi connectivity index (χ2v) is 4.18. The van der Waals surface area contributed by atoms with Gasteiger partial charge in [-0.2, -0.15) is 18.3 Å². The summed E-state index contributed by atoms with van der Waals surface area (Å²) in [6, 6.07) is 4.96. The maximum atomic E-state index is 12.8. The van der Waals surface area contributed by atoms with Crippen LogP contribution < -0.4 is 0 Å². The van der Waals surface area contributed by atoms with E-state index in [0.717, 1.165) is 6.07 Å². The molecule has 0 saturated heterocycles. The Kier molecular flexibility index (Phi) is 3.69. The summed E-state index contributed by atoms with van der Waals surface area (Å²) in [6.45, 7) is 0. The minimum absolute atomic E-state index is 0.0938. The number of hydrogen-bond acceptors (Lipinski definition) is 4. The van der Waals surface area contributed by atoms with Gasteiger partial charge in [0.25, 0.3) is 5.69 Å². The predicted molar refractivity (Wildman–Crippen MR) is 65.6 cm³/mol. The third-order valence-electron chi connectivity index (χ3n) is 2.56. The molecule has 0 fully saturated rings. The topological polar surface area (TPSA) is 78.0 Å². The van der Waals surface area contributed by atoms with Gasteiger partial charge in [0, 0.05) is 6.07 Å². The van der Waals surface area contributed by atoms with Crippen LogP contribution in [-0.4, -0.2) is 21.0 Å². The SMILES string of the molecule is O=Cc1c(C(F)(F)F)nn(-c2ccccc2[N+](=O)[O-])c1Cl. The first-order valence-corrected chi connectivity index (χ1v) is 5.70. The molecule has 0 unspecified atom stereocenters. The van der Waals surface area contributed by atoms with Crippen molar-refractivity contribution in [1.82, 2.24) is 9.78 Å². The molecule has 0 aliphatic rings. The molecule has 6 nitrogen and oxygen atoms in total. The van der Waals surface area contributed by atoms with Crippen molar-refractivity contribution in [2.24, 2.45) is 0 Å². The van der Waals surface area contributed by atoms with Crippen molar-refractivity contribution in [1.29, 1.82) is 0 Å². The molecule has 2 aromatic rings. The summed E-state index contributed by atoms with van der Waals surface area (Å²) in [5.74, 6) is 0. The highest BCUT2D eigenvalue weighted by Gasteiger charge is 2.39. The van der Waals surface area contributed by atoms with Crippen LogP contribution in [0.15, 0.2) is 24.3 Å². The van der Waals surface area contributed by atoms with E-state index in [0.29, 0.717) is 4.68 Å². The van der Waals surface area contributed by atoms with E-state index in [1.54, 1.807) is 0 Å². The summed E-state index contributed by atoms with van der Waals surface area (Å²) in [7, 11) is 0. The van der Waals surface area contributed by atoms with Gasteiger partial charge in [-0.15, -0.1) is 0 Å². The molecule has 1 aromatic carbocycles. The van der Waals surface area contributed by atoms with Crippen LogP contribution in [0.2, 0.25) is 5.15 Å². The van der Waals surface area contributed by atoms with Crippen molar-refractivity contribution in [2.75, 3.05) is 0 Å². The number of alkyl halides is 3. The van der Waals surface area contributed by atoms with Gasteiger partial charge in [0.2, 0.25) is 0 Å². The van der Waals surface area contributed by atoms with Crippen LogP contribution in [0.25, 0.3) is 5.69 Å². The van der Waals surface area contributed by atoms with Crippen LogP contribution in [0.5, 0.6) is 0 Å². The fourth-order valence-electron chi connectivity index (χ4n) is 1.68. The standard InChI is InChI=1S/C11H5ClF3N3O3/c12-10-6(5-19)9(11(13,14)15)16-17(10)7-3-1-2-4-8(7)18(20)21/h1-5H. The first-order valence-electron chi connectivity index (χ1n) is 5.32. The molecule has 0 aliphatic heterocycles. The predicted octanol–water partition coefficient (Wildman–Crippen LogP) is 3.27. The van der Waals surface area contributed by atoms with Gasteiger partial charge in [-0.3, -0.25) is 14.9 Å². The Morgan fingerprint density at radius 1 is 1.33 bits per heavy atom. The quantitative estimate of drug-likeness (QED) is 0.494. The Bertz CT molecular complexity index is 727. The van der Waals surface area contributed by atoms with Crippen molar-refractivity contribution in [3.63, 3.8) is 0 Å². The number of carbonyl (C=O) groups is 1. The van der Waals surface area contributed by atoms with Gasteiger partial charge in [0.05, 0.1) is 10.5 Å². The van der Waals surface area contributed by atoms with Crippen LogP contribution in [0.1, 0.15) is 16.1 Å². The zero-order valence-electron chi connectivity index (χ0n) is 9.96. The average Bonchev–Trinajstić information content (AvgIpc) is 2.75. The minimum Gasteiger partial charge on any atom is -0.298 e. The molecular formula is C11H5ClF3N3O3. The van der Waals surface area contributed by atoms with Crippen LogP contribution in [0.3, 0.4) is 0 Å². The Balaban J connectivity index is 2.75. The summed E-state index contributed by atoms with van der Waals surface area (Å²) in [5.41, 5.74) is -3.14. The van der Waals surface area contributed by atoms with Crippen LogP contribution in [0, 0.1) is 10.1 Å². The summed E-state index contributed by atoms with van der Waals surface area (Å²) >= 11 is 5.69. The van der Waals surface area contributed by atoms with E-state index in [9.17, 15) is 28.1 Å². The summed E-state index contributed by atoms with van der Waals surface area (Å²) in [5, 5.41) is 13.4. The molecule has 0 N–H and O–H groups in total. The molecule has 2 rings (SSSR count). The number of rotatable bonds is 3. The molecule has 0 bridgehead atoms. The zero-order chi connectivity index (χ0) is 15.8. The summed E-state index contributed by atoms with van der Waals surface area (Å²) in [4.78, 5) is 20.9. The lowest BCUT2D eigenvalue weighted by Crippen LogP contribution is -2.09.